The highest BCUT2D eigenvalue weighted by Gasteiger charge is 2.43. The van der Waals surface area contributed by atoms with Crippen LogP contribution >= 0.6 is 0 Å². The predicted molar refractivity (Wildman–Crippen MR) is 68.0 cm³/mol. The molecule has 17 heavy (non-hydrogen) atoms. The highest BCUT2D eigenvalue weighted by Crippen LogP contribution is 2.41. The Kier molecular flexibility index (Phi) is 3.72. The number of epoxide rings is 1. The Bertz CT molecular complexity index is 245. The third-order valence-electron chi connectivity index (χ3n) is 4.94. The second kappa shape index (κ2) is 5.27. The molecule has 0 spiro atoms. The van der Waals surface area contributed by atoms with Gasteiger partial charge >= 0.3 is 0 Å². The molecule has 2 heterocycles. The molecular formula is C15H26O2. The smallest absolute Gasteiger partial charge is 0.0844 e. The van der Waals surface area contributed by atoms with Crippen LogP contribution < -0.4 is 0 Å². The summed E-state index contributed by atoms with van der Waals surface area (Å²) in [6.45, 7) is 3.21. The fraction of sp³-hybridized carbons (Fsp3) is 1.00. The van der Waals surface area contributed by atoms with Crippen LogP contribution in [0.15, 0.2) is 0 Å². The first-order chi connectivity index (χ1) is 8.31. The normalized spacial score (nSPS) is 45.4. The number of hydrogen-bond donors (Lipinski definition) is 0. The molecule has 2 heteroatoms. The van der Waals surface area contributed by atoms with E-state index in [9.17, 15) is 0 Å². The third-order valence-corrected chi connectivity index (χ3v) is 4.94. The van der Waals surface area contributed by atoms with Crippen molar-refractivity contribution in [3.8, 4) is 0 Å². The van der Waals surface area contributed by atoms with Crippen LogP contribution in [-0.2, 0) is 9.47 Å². The first-order valence-corrected chi connectivity index (χ1v) is 7.58. The predicted octanol–water partition coefficient (Wildman–Crippen LogP) is 3.54. The molecule has 98 valence electrons. The van der Waals surface area contributed by atoms with Crippen molar-refractivity contribution in [2.75, 3.05) is 6.61 Å². The van der Waals surface area contributed by atoms with Gasteiger partial charge in [-0.3, -0.25) is 0 Å². The number of fused-ring (bicyclic) bond motifs is 1. The summed E-state index contributed by atoms with van der Waals surface area (Å²) in [5, 5.41) is 0. The molecule has 0 aromatic heterocycles. The van der Waals surface area contributed by atoms with Gasteiger partial charge in [-0.1, -0.05) is 12.8 Å². The second-order valence-electron chi connectivity index (χ2n) is 6.41. The van der Waals surface area contributed by atoms with Crippen LogP contribution in [0.4, 0.5) is 0 Å². The Balaban J connectivity index is 1.29. The zero-order valence-corrected chi connectivity index (χ0v) is 11.1. The number of hydrogen-bond acceptors (Lipinski definition) is 2. The van der Waals surface area contributed by atoms with Gasteiger partial charge < -0.3 is 9.47 Å². The van der Waals surface area contributed by atoms with Crippen LogP contribution in [0.2, 0.25) is 0 Å². The molecule has 0 N–H and O–H groups in total. The van der Waals surface area contributed by atoms with E-state index >= 15 is 0 Å². The summed E-state index contributed by atoms with van der Waals surface area (Å²) in [5.74, 6) is 1.81. The standard InChI is InChI=1S/C15H26O2/c1-11-5-6-13(10-16-11)4-2-3-12-7-8-14-15(9-12)17-14/h11-15H,2-10H2,1H3. The molecule has 3 aliphatic rings. The fourth-order valence-corrected chi connectivity index (χ4v) is 3.61. The molecule has 0 aromatic carbocycles. The van der Waals surface area contributed by atoms with Gasteiger partial charge in [-0.05, 0) is 57.3 Å². The van der Waals surface area contributed by atoms with Gasteiger partial charge in [-0.2, -0.15) is 0 Å². The van der Waals surface area contributed by atoms with E-state index in [1.165, 1.54) is 51.4 Å². The van der Waals surface area contributed by atoms with E-state index in [0.29, 0.717) is 18.3 Å². The molecule has 0 aromatic rings. The topological polar surface area (TPSA) is 21.8 Å². The Labute approximate surface area is 105 Å². The van der Waals surface area contributed by atoms with Crippen molar-refractivity contribution in [1.82, 2.24) is 0 Å². The van der Waals surface area contributed by atoms with E-state index in [1.807, 2.05) is 0 Å². The lowest BCUT2D eigenvalue weighted by Crippen LogP contribution is -2.23. The first kappa shape index (κ1) is 12.0. The molecule has 0 radical (unpaired) electrons. The average molecular weight is 238 g/mol. The molecule has 3 fully saturated rings. The van der Waals surface area contributed by atoms with Gasteiger partial charge in [-0.15, -0.1) is 0 Å². The van der Waals surface area contributed by atoms with Crippen LogP contribution in [-0.4, -0.2) is 24.9 Å². The van der Waals surface area contributed by atoms with Gasteiger partial charge in [0.2, 0.25) is 0 Å². The lowest BCUT2D eigenvalue weighted by atomic mass is 9.84. The molecule has 2 saturated heterocycles. The molecule has 0 bridgehead atoms. The zero-order valence-electron chi connectivity index (χ0n) is 11.1. The highest BCUT2D eigenvalue weighted by molar-refractivity contribution is 4.91. The quantitative estimate of drug-likeness (QED) is 0.699. The van der Waals surface area contributed by atoms with Gasteiger partial charge in [0.25, 0.3) is 0 Å². The summed E-state index contributed by atoms with van der Waals surface area (Å²) in [6.07, 6.45) is 12.8. The number of ether oxygens (including phenoxy) is 2. The molecule has 2 nitrogen and oxygen atoms in total. The monoisotopic (exact) mass is 238 g/mol. The Morgan fingerprint density at radius 3 is 2.53 bits per heavy atom. The van der Waals surface area contributed by atoms with Gasteiger partial charge in [0.15, 0.2) is 0 Å². The molecular weight excluding hydrogens is 212 g/mol. The Hall–Kier alpha value is -0.0800. The fourth-order valence-electron chi connectivity index (χ4n) is 3.61. The summed E-state index contributed by atoms with van der Waals surface area (Å²) >= 11 is 0. The minimum atomic E-state index is 0.508. The van der Waals surface area contributed by atoms with E-state index in [2.05, 4.69) is 6.92 Å². The largest absolute Gasteiger partial charge is 0.378 e. The molecule has 0 amide bonds. The van der Waals surface area contributed by atoms with Crippen molar-refractivity contribution in [3.63, 3.8) is 0 Å². The molecule has 3 rings (SSSR count). The van der Waals surface area contributed by atoms with Gasteiger partial charge in [0.05, 0.1) is 18.3 Å². The van der Waals surface area contributed by atoms with Gasteiger partial charge in [0, 0.05) is 6.61 Å². The van der Waals surface area contributed by atoms with Crippen molar-refractivity contribution >= 4 is 0 Å². The molecule has 1 aliphatic carbocycles. The Morgan fingerprint density at radius 2 is 1.76 bits per heavy atom. The summed E-state index contributed by atoms with van der Waals surface area (Å²) in [7, 11) is 0. The van der Waals surface area contributed by atoms with Gasteiger partial charge in [0.1, 0.15) is 0 Å². The van der Waals surface area contributed by atoms with Crippen molar-refractivity contribution in [2.24, 2.45) is 11.8 Å². The lowest BCUT2D eigenvalue weighted by molar-refractivity contribution is -0.00798. The van der Waals surface area contributed by atoms with E-state index in [4.69, 9.17) is 9.47 Å². The maximum absolute atomic E-state index is 5.74. The van der Waals surface area contributed by atoms with Crippen molar-refractivity contribution in [1.29, 1.82) is 0 Å². The van der Waals surface area contributed by atoms with Crippen LogP contribution in [0.5, 0.6) is 0 Å². The van der Waals surface area contributed by atoms with E-state index in [-0.39, 0.29) is 0 Å². The van der Waals surface area contributed by atoms with Crippen molar-refractivity contribution < 1.29 is 9.47 Å². The maximum atomic E-state index is 5.74. The summed E-state index contributed by atoms with van der Waals surface area (Å²) in [4.78, 5) is 0. The molecule has 1 saturated carbocycles. The second-order valence-corrected chi connectivity index (χ2v) is 6.41. The number of rotatable bonds is 4. The van der Waals surface area contributed by atoms with Gasteiger partial charge in [-0.25, -0.2) is 0 Å². The van der Waals surface area contributed by atoms with Crippen LogP contribution in [0.25, 0.3) is 0 Å². The molecule has 5 atom stereocenters. The maximum Gasteiger partial charge on any atom is 0.0844 e. The van der Waals surface area contributed by atoms with Crippen molar-refractivity contribution in [2.45, 2.75) is 76.6 Å². The zero-order chi connectivity index (χ0) is 11.7. The Morgan fingerprint density at radius 1 is 0.941 bits per heavy atom. The first-order valence-electron chi connectivity index (χ1n) is 7.58. The summed E-state index contributed by atoms with van der Waals surface area (Å²) < 4.78 is 11.3. The molecule has 5 unspecified atom stereocenters. The highest BCUT2D eigenvalue weighted by atomic mass is 16.6. The lowest BCUT2D eigenvalue weighted by Gasteiger charge is -2.27. The van der Waals surface area contributed by atoms with Crippen LogP contribution in [0.1, 0.15) is 58.3 Å². The van der Waals surface area contributed by atoms with Crippen LogP contribution in [0, 0.1) is 11.8 Å². The van der Waals surface area contributed by atoms with E-state index < -0.39 is 0 Å². The average Bonchev–Trinajstić information content (AvgIpc) is 3.10. The summed E-state index contributed by atoms with van der Waals surface area (Å²) in [6, 6.07) is 0. The van der Waals surface area contributed by atoms with Crippen molar-refractivity contribution in [3.05, 3.63) is 0 Å². The molecule has 2 aliphatic heterocycles. The van der Waals surface area contributed by atoms with Crippen LogP contribution in [0.3, 0.4) is 0 Å². The minimum Gasteiger partial charge on any atom is -0.378 e. The summed E-state index contributed by atoms with van der Waals surface area (Å²) in [5.41, 5.74) is 0. The minimum absolute atomic E-state index is 0.508. The van der Waals surface area contributed by atoms with E-state index in [1.54, 1.807) is 0 Å². The third kappa shape index (κ3) is 3.23. The van der Waals surface area contributed by atoms with E-state index in [0.717, 1.165) is 18.4 Å². The SMILES string of the molecule is CC1CCC(CCCC2CCC3OC3C2)CO1.